The molecular weight excluding hydrogens is 314 g/mol. The van der Waals surface area contributed by atoms with E-state index in [1.165, 1.54) is 0 Å². The van der Waals surface area contributed by atoms with Crippen molar-refractivity contribution in [2.45, 2.75) is 39.0 Å². The maximum atomic E-state index is 12.0. The molecule has 0 amide bonds. The van der Waals surface area contributed by atoms with Gasteiger partial charge in [-0.25, -0.2) is 4.21 Å². The number of aliphatic hydroxyl groups excluding tert-OH is 1. The second kappa shape index (κ2) is 6.08. The maximum absolute atomic E-state index is 12.0. The standard InChI is InChI=1S/C13H18BrNO2S/c1-9(15-18(17)13(2,3)4)12-6-5-11(14)7-10(12)8-16/h5-7,16H,8H2,1-4H3/t18-/m0/s1. The molecular formula is C13H18BrNO2S. The molecule has 0 aliphatic carbocycles. The maximum Gasteiger partial charge on any atom is 0.145 e. The molecule has 0 bridgehead atoms. The zero-order valence-electron chi connectivity index (χ0n) is 11.0. The molecule has 5 heteroatoms. The largest absolute Gasteiger partial charge is 0.392 e. The fourth-order valence-electron chi connectivity index (χ4n) is 1.36. The molecule has 18 heavy (non-hydrogen) atoms. The van der Waals surface area contributed by atoms with Crippen molar-refractivity contribution in [3.63, 3.8) is 0 Å². The highest BCUT2D eigenvalue weighted by Gasteiger charge is 2.19. The minimum Gasteiger partial charge on any atom is -0.392 e. The minimum absolute atomic E-state index is 0.0657. The lowest BCUT2D eigenvalue weighted by atomic mass is 10.0. The molecule has 0 aromatic heterocycles. The van der Waals surface area contributed by atoms with E-state index in [0.29, 0.717) is 5.71 Å². The third-order valence-electron chi connectivity index (χ3n) is 2.37. The van der Waals surface area contributed by atoms with Gasteiger partial charge in [0.15, 0.2) is 0 Å². The Hall–Kier alpha value is -0.520. The van der Waals surface area contributed by atoms with Gasteiger partial charge in [-0.1, -0.05) is 22.0 Å². The van der Waals surface area contributed by atoms with Gasteiger partial charge in [-0.3, -0.25) is 0 Å². The van der Waals surface area contributed by atoms with E-state index in [4.69, 9.17) is 0 Å². The smallest absolute Gasteiger partial charge is 0.145 e. The number of halogens is 1. The third-order valence-corrected chi connectivity index (χ3v) is 4.35. The Labute approximate surface area is 119 Å². The Morgan fingerprint density at radius 1 is 1.44 bits per heavy atom. The summed E-state index contributed by atoms with van der Waals surface area (Å²) in [6, 6.07) is 5.59. The van der Waals surface area contributed by atoms with Crippen molar-refractivity contribution < 1.29 is 9.32 Å². The molecule has 3 nitrogen and oxygen atoms in total. The van der Waals surface area contributed by atoms with Crippen molar-refractivity contribution in [1.29, 1.82) is 0 Å². The van der Waals surface area contributed by atoms with E-state index in [2.05, 4.69) is 20.3 Å². The first-order valence-corrected chi connectivity index (χ1v) is 7.52. The summed E-state index contributed by atoms with van der Waals surface area (Å²) in [5.74, 6) is 0. The second-order valence-corrected chi connectivity index (χ2v) is 7.82. The molecule has 0 saturated carbocycles. The molecule has 0 saturated heterocycles. The molecule has 0 spiro atoms. The van der Waals surface area contributed by atoms with Crippen LogP contribution in [0.2, 0.25) is 0 Å². The van der Waals surface area contributed by atoms with Crippen molar-refractivity contribution in [3.05, 3.63) is 33.8 Å². The van der Waals surface area contributed by atoms with Gasteiger partial charge in [0.05, 0.1) is 17.1 Å². The molecule has 1 atom stereocenters. The summed E-state index contributed by atoms with van der Waals surface area (Å²) in [4.78, 5) is 0. The molecule has 1 aromatic rings. The molecule has 1 rings (SSSR count). The van der Waals surface area contributed by atoms with Gasteiger partial charge in [0.2, 0.25) is 0 Å². The van der Waals surface area contributed by atoms with Gasteiger partial charge >= 0.3 is 0 Å². The summed E-state index contributed by atoms with van der Waals surface area (Å²) in [5.41, 5.74) is 2.29. The van der Waals surface area contributed by atoms with Gasteiger partial charge in [-0.2, -0.15) is 4.40 Å². The molecule has 0 heterocycles. The molecule has 1 aromatic carbocycles. The van der Waals surface area contributed by atoms with Crippen LogP contribution in [0.1, 0.15) is 38.8 Å². The van der Waals surface area contributed by atoms with Crippen LogP contribution in [-0.2, 0) is 17.6 Å². The molecule has 0 unspecified atom stereocenters. The average Bonchev–Trinajstić information content (AvgIpc) is 2.27. The lowest BCUT2D eigenvalue weighted by Crippen LogP contribution is -2.20. The predicted octanol–water partition coefficient (Wildman–Crippen LogP) is 3.21. The Kier molecular flexibility index (Phi) is 5.25. The Balaban J connectivity index is 3.15. The number of hydrogen-bond donors (Lipinski definition) is 1. The van der Waals surface area contributed by atoms with Crippen LogP contribution >= 0.6 is 15.9 Å². The van der Waals surface area contributed by atoms with Crippen molar-refractivity contribution in [2.75, 3.05) is 0 Å². The lowest BCUT2D eigenvalue weighted by molar-refractivity contribution is 0.281. The van der Waals surface area contributed by atoms with Gasteiger partial charge in [0.25, 0.3) is 0 Å². The number of benzene rings is 1. The number of hydrogen-bond acceptors (Lipinski definition) is 2. The van der Waals surface area contributed by atoms with E-state index in [1.54, 1.807) is 0 Å². The van der Waals surface area contributed by atoms with E-state index >= 15 is 0 Å². The van der Waals surface area contributed by atoms with Crippen LogP contribution in [0.4, 0.5) is 0 Å². The first-order chi connectivity index (χ1) is 8.25. The highest BCUT2D eigenvalue weighted by Crippen LogP contribution is 2.19. The Morgan fingerprint density at radius 2 is 2.06 bits per heavy atom. The number of rotatable bonds is 3. The van der Waals surface area contributed by atoms with Crippen LogP contribution in [0.5, 0.6) is 0 Å². The van der Waals surface area contributed by atoms with Crippen molar-refractivity contribution in [2.24, 2.45) is 4.40 Å². The van der Waals surface area contributed by atoms with Crippen LogP contribution in [-0.4, -0.2) is 19.8 Å². The van der Waals surface area contributed by atoms with Crippen LogP contribution in [0, 0.1) is 0 Å². The molecule has 1 N–H and O–H groups in total. The minimum atomic E-state index is -1.29. The first kappa shape index (κ1) is 15.5. The fourth-order valence-corrected chi connectivity index (χ4v) is 2.39. The van der Waals surface area contributed by atoms with Gasteiger partial charge < -0.3 is 5.11 Å². The summed E-state index contributed by atoms with van der Waals surface area (Å²) >= 11 is 3.36. The van der Waals surface area contributed by atoms with Gasteiger partial charge in [-0.05, 0) is 45.4 Å². The Morgan fingerprint density at radius 3 is 2.56 bits per heavy atom. The average molecular weight is 332 g/mol. The molecule has 0 fully saturated rings. The molecule has 0 radical (unpaired) electrons. The summed E-state index contributed by atoms with van der Waals surface area (Å²) in [6.45, 7) is 7.40. The summed E-state index contributed by atoms with van der Waals surface area (Å²) in [7, 11) is -1.29. The van der Waals surface area contributed by atoms with Gasteiger partial charge in [0, 0.05) is 10.0 Å². The summed E-state index contributed by atoms with van der Waals surface area (Å²) in [5, 5.41) is 9.33. The zero-order chi connectivity index (χ0) is 13.9. The van der Waals surface area contributed by atoms with Crippen molar-refractivity contribution >= 4 is 32.6 Å². The quantitative estimate of drug-likeness (QED) is 0.864. The van der Waals surface area contributed by atoms with E-state index in [9.17, 15) is 9.32 Å². The molecule has 0 aliphatic heterocycles. The van der Waals surface area contributed by atoms with Crippen molar-refractivity contribution in [1.82, 2.24) is 0 Å². The fraction of sp³-hybridized carbons (Fsp3) is 0.462. The van der Waals surface area contributed by atoms with E-state index < -0.39 is 11.0 Å². The number of nitrogens with zero attached hydrogens (tertiary/aromatic N) is 1. The second-order valence-electron chi connectivity index (χ2n) is 5.00. The van der Waals surface area contributed by atoms with Crippen LogP contribution in [0.25, 0.3) is 0 Å². The molecule has 0 aliphatic rings. The van der Waals surface area contributed by atoms with Gasteiger partial charge in [-0.15, -0.1) is 0 Å². The van der Waals surface area contributed by atoms with E-state index in [1.807, 2.05) is 45.9 Å². The lowest BCUT2D eigenvalue weighted by Gasteiger charge is -2.15. The number of aliphatic hydroxyl groups is 1. The van der Waals surface area contributed by atoms with Gasteiger partial charge in [0.1, 0.15) is 11.0 Å². The normalized spacial score (nSPS) is 14.7. The Bertz CT molecular complexity index is 492. The third kappa shape index (κ3) is 4.00. The first-order valence-electron chi connectivity index (χ1n) is 5.62. The highest BCUT2D eigenvalue weighted by atomic mass is 79.9. The van der Waals surface area contributed by atoms with Crippen LogP contribution < -0.4 is 0 Å². The summed E-state index contributed by atoms with van der Waals surface area (Å²) < 4.78 is 16.7. The molecule has 100 valence electrons. The van der Waals surface area contributed by atoms with E-state index in [-0.39, 0.29) is 11.4 Å². The van der Waals surface area contributed by atoms with Crippen molar-refractivity contribution in [3.8, 4) is 0 Å². The van der Waals surface area contributed by atoms with Crippen LogP contribution in [0.3, 0.4) is 0 Å². The highest BCUT2D eigenvalue weighted by molar-refractivity contribution is 9.10. The summed E-state index contributed by atoms with van der Waals surface area (Å²) in [6.07, 6.45) is 0. The SMILES string of the molecule is CC(=N[S@@](=O)C(C)(C)C)c1ccc(Br)cc1CO. The topological polar surface area (TPSA) is 49.7 Å². The van der Waals surface area contributed by atoms with Crippen LogP contribution in [0.15, 0.2) is 27.1 Å². The van der Waals surface area contributed by atoms with E-state index in [0.717, 1.165) is 15.6 Å². The monoisotopic (exact) mass is 331 g/mol. The predicted molar refractivity (Wildman–Crippen MR) is 80.2 cm³/mol. The zero-order valence-corrected chi connectivity index (χ0v) is 13.4.